The van der Waals surface area contributed by atoms with Crippen LogP contribution < -0.4 is 5.32 Å². The van der Waals surface area contributed by atoms with Crippen molar-refractivity contribution in [3.05, 3.63) is 35.4 Å². The summed E-state index contributed by atoms with van der Waals surface area (Å²) in [6, 6.07) is 6.44. The number of carbonyl (C=O) groups excluding carboxylic acids is 2. The fraction of sp³-hybridized carbons (Fsp3) is 0.357. The first-order valence-electron chi connectivity index (χ1n) is 6.32. The largest absolute Gasteiger partial charge is 0.480 e. The fourth-order valence-corrected chi connectivity index (χ4v) is 2.11. The molecule has 2 amide bonds. The van der Waals surface area contributed by atoms with E-state index in [2.05, 4.69) is 5.32 Å². The van der Waals surface area contributed by atoms with Gasteiger partial charge in [-0.2, -0.15) is 0 Å². The number of hydrogen-bond acceptors (Lipinski definition) is 3. The predicted octanol–water partition coefficient (Wildman–Crippen LogP) is -0.0509. The number of piperazine rings is 1. The Morgan fingerprint density at radius 2 is 2.00 bits per heavy atom. The first kappa shape index (κ1) is 14.0. The van der Waals surface area contributed by atoms with Gasteiger partial charge in [-0.05, 0) is 12.5 Å². The molecule has 0 aliphatic carbocycles. The van der Waals surface area contributed by atoms with Crippen LogP contribution in [0.3, 0.4) is 0 Å². The molecule has 1 aliphatic heterocycles. The van der Waals surface area contributed by atoms with Gasteiger partial charge < -0.3 is 15.3 Å². The monoisotopic (exact) mass is 276 g/mol. The molecule has 1 saturated heterocycles. The van der Waals surface area contributed by atoms with Gasteiger partial charge in [0.05, 0.1) is 6.42 Å². The summed E-state index contributed by atoms with van der Waals surface area (Å²) in [5, 5.41) is 11.6. The molecule has 1 aliphatic rings. The molecule has 1 atom stereocenters. The molecule has 20 heavy (non-hydrogen) atoms. The molecule has 0 aromatic heterocycles. The van der Waals surface area contributed by atoms with Gasteiger partial charge in [0.15, 0.2) is 0 Å². The Balaban J connectivity index is 2.10. The number of hydrogen-bond donors (Lipinski definition) is 2. The van der Waals surface area contributed by atoms with E-state index in [-0.39, 0.29) is 31.3 Å². The number of aryl methyl sites for hydroxylation is 1. The van der Waals surface area contributed by atoms with E-state index in [1.54, 1.807) is 0 Å². The van der Waals surface area contributed by atoms with Gasteiger partial charge in [-0.1, -0.05) is 29.8 Å². The predicted molar refractivity (Wildman–Crippen MR) is 71.0 cm³/mol. The molecule has 1 fully saturated rings. The van der Waals surface area contributed by atoms with E-state index in [9.17, 15) is 14.4 Å². The molecule has 6 nitrogen and oxygen atoms in total. The Morgan fingerprint density at radius 1 is 1.35 bits per heavy atom. The molecule has 1 unspecified atom stereocenters. The summed E-state index contributed by atoms with van der Waals surface area (Å²) in [6.07, 6.45) is 0.0946. The van der Waals surface area contributed by atoms with Crippen LogP contribution in [0.25, 0.3) is 0 Å². The second-order valence-corrected chi connectivity index (χ2v) is 4.84. The standard InChI is InChI=1S/C14H16N2O4/c1-9-2-4-10(5-3-9)6-13(18)16-8-12(17)15-7-11(16)14(19)20/h2-5,11H,6-8H2,1H3,(H,15,17)(H,19,20). The van der Waals surface area contributed by atoms with E-state index in [0.29, 0.717) is 0 Å². The maximum atomic E-state index is 12.2. The molecule has 0 spiro atoms. The normalized spacial score (nSPS) is 18.6. The van der Waals surface area contributed by atoms with E-state index in [1.165, 1.54) is 0 Å². The molecule has 1 heterocycles. The van der Waals surface area contributed by atoms with Gasteiger partial charge in [-0.3, -0.25) is 9.59 Å². The molecule has 6 heteroatoms. The highest BCUT2D eigenvalue weighted by molar-refractivity contribution is 5.91. The van der Waals surface area contributed by atoms with Crippen LogP contribution in [0.5, 0.6) is 0 Å². The third kappa shape index (κ3) is 3.14. The number of amides is 2. The lowest BCUT2D eigenvalue weighted by Gasteiger charge is -2.32. The van der Waals surface area contributed by atoms with Crippen molar-refractivity contribution in [2.75, 3.05) is 13.1 Å². The summed E-state index contributed by atoms with van der Waals surface area (Å²) < 4.78 is 0. The van der Waals surface area contributed by atoms with Crippen LogP contribution in [-0.4, -0.2) is 46.9 Å². The van der Waals surface area contributed by atoms with Gasteiger partial charge in [-0.15, -0.1) is 0 Å². The van der Waals surface area contributed by atoms with Gasteiger partial charge >= 0.3 is 5.97 Å². The minimum atomic E-state index is -1.11. The smallest absolute Gasteiger partial charge is 0.328 e. The molecule has 1 aromatic carbocycles. The van der Waals surface area contributed by atoms with E-state index in [1.807, 2.05) is 31.2 Å². The third-order valence-corrected chi connectivity index (χ3v) is 3.26. The highest BCUT2D eigenvalue weighted by Gasteiger charge is 2.34. The minimum Gasteiger partial charge on any atom is -0.480 e. The Bertz CT molecular complexity index is 539. The quantitative estimate of drug-likeness (QED) is 0.810. The van der Waals surface area contributed by atoms with Gasteiger partial charge in [0.1, 0.15) is 12.6 Å². The summed E-state index contributed by atoms with van der Waals surface area (Å²) in [6.45, 7) is 1.69. The summed E-state index contributed by atoms with van der Waals surface area (Å²) in [4.78, 5) is 35.8. The van der Waals surface area contributed by atoms with Crippen LogP contribution in [0, 0.1) is 6.92 Å². The van der Waals surface area contributed by atoms with Crippen molar-refractivity contribution in [1.82, 2.24) is 10.2 Å². The number of benzene rings is 1. The van der Waals surface area contributed by atoms with E-state index in [4.69, 9.17) is 5.11 Å². The Kier molecular flexibility index (Phi) is 4.02. The Hall–Kier alpha value is -2.37. The highest BCUT2D eigenvalue weighted by atomic mass is 16.4. The van der Waals surface area contributed by atoms with Gasteiger partial charge in [0.2, 0.25) is 11.8 Å². The van der Waals surface area contributed by atoms with Crippen LogP contribution in [-0.2, 0) is 20.8 Å². The summed E-state index contributed by atoms with van der Waals surface area (Å²) in [7, 11) is 0. The zero-order valence-electron chi connectivity index (χ0n) is 11.1. The summed E-state index contributed by atoms with van der Waals surface area (Å²) in [5.41, 5.74) is 1.89. The molecule has 0 saturated carbocycles. The SMILES string of the molecule is Cc1ccc(CC(=O)N2CC(=O)NCC2C(=O)O)cc1. The molecule has 1 aromatic rings. The Morgan fingerprint density at radius 3 is 2.60 bits per heavy atom. The third-order valence-electron chi connectivity index (χ3n) is 3.26. The zero-order chi connectivity index (χ0) is 14.7. The summed E-state index contributed by atoms with van der Waals surface area (Å²) in [5.74, 6) is -1.79. The lowest BCUT2D eigenvalue weighted by molar-refractivity contribution is -0.153. The average Bonchev–Trinajstić information content (AvgIpc) is 2.41. The van der Waals surface area contributed by atoms with Crippen LogP contribution in [0.15, 0.2) is 24.3 Å². The summed E-state index contributed by atoms with van der Waals surface area (Å²) >= 11 is 0. The van der Waals surface area contributed by atoms with Crippen LogP contribution in [0.2, 0.25) is 0 Å². The second-order valence-electron chi connectivity index (χ2n) is 4.84. The van der Waals surface area contributed by atoms with Crippen molar-refractivity contribution in [3.8, 4) is 0 Å². The number of nitrogens with one attached hydrogen (secondary N) is 1. The molecule has 0 radical (unpaired) electrons. The topological polar surface area (TPSA) is 86.7 Å². The number of carboxylic acids is 1. The van der Waals surface area contributed by atoms with Crippen molar-refractivity contribution in [2.45, 2.75) is 19.4 Å². The first-order chi connectivity index (χ1) is 9.47. The van der Waals surface area contributed by atoms with Crippen LogP contribution in [0.4, 0.5) is 0 Å². The number of aliphatic carboxylic acids is 1. The van der Waals surface area contributed by atoms with Crippen molar-refractivity contribution in [1.29, 1.82) is 0 Å². The maximum absolute atomic E-state index is 12.2. The van der Waals surface area contributed by atoms with Gasteiger partial charge in [0.25, 0.3) is 0 Å². The first-order valence-corrected chi connectivity index (χ1v) is 6.32. The van der Waals surface area contributed by atoms with Gasteiger partial charge in [-0.25, -0.2) is 4.79 Å². The van der Waals surface area contributed by atoms with Crippen molar-refractivity contribution >= 4 is 17.8 Å². The lowest BCUT2D eigenvalue weighted by Crippen LogP contribution is -2.59. The second kappa shape index (κ2) is 5.73. The molecule has 2 rings (SSSR count). The number of carbonyl (C=O) groups is 3. The average molecular weight is 276 g/mol. The maximum Gasteiger partial charge on any atom is 0.328 e. The number of nitrogens with zero attached hydrogens (tertiary/aromatic N) is 1. The molecular formula is C14H16N2O4. The molecule has 0 bridgehead atoms. The zero-order valence-corrected chi connectivity index (χ0v) is 11.1. The molecule has 2 N–H and O–H groups in total. The molecular weight excluding hydrogens is 260 g/mol. The fourth-order valence-electron chi connectivity index (χ4n) is 2.11. The minimum absolute atomic E-state index is 0.0478. The van der Waals surface area contributed by atoms with E-state index in [0.717, 1.165) is 16.0 Å². The van der Waals surface area contributed by atoms with Crippen LogP contribution in [0.1, 0.15) is 11.1 Å². The van der Waals surface area contributed by atoms with Crippen molar-refractivity contribution in [2.24, 2.45) is 0 Å². The lowest BCUT2D eigenvalue weighted by atomic mass is 10.1. The highest BCUT2D eigenvalue weighted by Crippen LogP contribution is 2.10. The Labute approximate surface area is 116 Å². The number of rotatable bonds is 3. The van der Waals surface area contributed by atoms with E-state index < -0.39 is 12.0 Å². The van der Waals surface area contributed by atoms with E-state index >= 15 is 0 Å². The van der Waals surface area contributed by atoms with Crippen molar-refractivity contribution < 1.29 is 19.5 Å². The molecule has 106 valence electrons. The van der Waals surface area contributed by atoms with Crippen molar-refractivity contribution in [3.63, 3.8) is 0 Å². The van der Waals surface area contributed by atoms with Gasteiger partial charge in [0, 0.05) is 6.54 Å². The number of carboxylic acid groups (broad SMARTS) is 1. The van der Waals surface area contributed by atoms with Crippen LogP contribution >= 0.6 is 0 Å².